The van der Waals surface area contributed by atoms with Gasteiger partial charge in [-0.15, -0.1) is 0 Å². The first kappa shape index (κ1) is 11.4. The highest BCUT2D eigenvalue weighted by molar-refractivity contribution is 5.89. The molecule has 0 spiro atoms. The number of fused-ring (bicyclic) bond motifs is 1. The van der Waals surface area contributed by atoms with Crippen molar-refractivity contribution in [3.05, 3.63) is 64.3 Å². The predicted molar refractivity (Wildman–Crippen MR) is 72.5 cm³/mol. The van der Waals surface area contributed by atoms with E-state index in [0.717, 1.165) is 16.8 Å². The number of nitro groups is 1. The van der Waals surface area contributed by atoms with Gasteiger partial charge in [-0.2, -0.15) is 5.10 Å². The summed E-state index contributed by atoms with van der Waals surface area (Å²) in [6.45, 7) is 1.84. The number of aromatic nitrogens is 2. The summed E-state index contributed by atoms with van der Waals surface area (Å²) in [5, 5.41) is 15.9. The maximum Gasteiger partial charge on any atom is 0.280 e. The normalized spacial score (nSPS) is 10.8. The lowest BCUT2D eigenvalue weighted by Crippen LogP contribution is -1.96. The first-order chi connectivity index (χ1) is 9.16. The van der Waals surface area contributed by atoms with Crippen molar-refractivity contribution in [1.29, 1.82) is 0 Å². The van der Waals surface area contributed by atoms with Gasteiger partial charge in [0, 0.05) is 6.07 Å². The zero-order valence-electron chi connectivity index (χ0n) is 10.3. The van der Waals surface area contributed by atoms with Crippen molar-refractivity contribution < 1.29 is 4.92 Å². The molecule has 5 heteroatoms. The summed E-state index contributed by atoms with van der Waals surface area (Å²) >= 11 is 0. The van der Waals surface area contributed by atoms with Crippen LogP contribution in [0.3, 0.4) is 0 Å². The fourth-order valence-corrected chi connectivity index (χ4v) is 2.17. The molecule has 1 aromatic heterocycles. The topological polar surface area (TPSA) is 61.0 Å². The van der Waals surface area contributed by atoms with E-state index in [-0.39, 0.29) is 10.6 Å². The molecule has 0 saturated carbocycles. The van der Waals surface area contributed by atoms with Crippen molar-refractivity contribution in [1.82, 2.24) is 9.78 Å². The molecule has 0 aliphatic heterocycles. The second kappa shape index (κ2) is 4.20. The minimum Gasteiger partial charge on any atom is -0.258 e. The van der Waals surface area contributed by atoms with Crippen molar-refractivity contribution in [3.8, 4) is 5.69 Å². The Morgan fingerprint density at radius 1 is 1.21 bits per heavy atom. The van der Waals surface area contributed by atoms with Crippen LogP contribution < -0.4 is 0 Å². The largest absolute Gasteiger partial charge is 0.280 e. The first-order valence-corrected chi connectivity index (χ1v) is 5.85. The van der Waals surface area contributed by atoms with E-state index in [9.17, 15) is 10.1 Å². The fourth-order valence-electron chi connectivity index (χ4n) is 2.17. The molecule has 1 heterocycles. The van der Waals surface area contributed by atoms with Crippen molar-refractivity contribution in [2.24, 2.45) is 0 Å². The second-order valence-corrected chi connectivity index (χ2v) is 4.37. The zero-order valence-corrected chi connectivity index (χ0v) is 10.3. The third-order valence-corrected chi connectivity index (χ3v) is 3.01. The Morgan fingerprint density at radius 3 is 2.63 bits per heavy atom. The molecule has 3 rings (SSSR count). The molecule has 0 fully saturated rings. The lowest BCUT2D eigenvalue weighted by molar-refractivity contribution is -0.383. The molecule has 0 saturated heterocycles. The minimum atomic E-state index is -0.369. The average molecular weight is 253 g/mol. The number of rotatable bonds is 2. The highest BCUT2D eigenvalue weighted by Gasteiger charge is 2.16. The van der Waals surface area contributed by atoms with Crippen molar-refractivity contribution >= 4 is 16.6 Å². The van der Waals surface area contributed by atoms with Crippen molar-refractivity contribution in [2.45, 2.75) is 6.92 Å². The number of nitrogens with zero attached hydrogens (tertiary/aromatic N) is 3. The zero-order chi connectivity index (χ0) is 13.4. The molecular formula is C14H11N3O2. The molecule has 2 aromatic carbocycles. The number of hydrogen-bond acceptors (Lipinski definition) is 3. The van der Waals surface area contributed by atoms with Gasteiger partial charge in [0.15, 0.2) is 0 Å². The highest BCUT2D eigenvalue weighted by Crippen LogP contribution is 2.28. The average Bonchev–Trinajstić information content (AvgIpc) is 2.82. The number of nitro benzene ring substituents is 1. The van der Waals surface area contributed by atoms with Gasteiger partial charge in [-0.1, -0.05) is 18.2 Å². The van der Waals surface area contributed by atoms with Gasteiger partial charge < -0.3 is 0 Å². The molecule has 0 aliphatic rings. The fraction of sp³-hybridized carbons (Fsp3) is 0.0714. The maximum absolute atomic E-state index is 11.1. The number of aryl methyl sites for hydroxylation is 1. The molecule has 94 valence electrons. The molecule has 0 N–H and O–H groups in total. The molecule has 5 nitrogen and oxygen atoms in total. The summed E-state index contributed by atoms with van der Waals surface area (Å²) in [5.74, 6) is 0. The van der Waals surface area contributed by atoms with Crippen LogP contribution in [0.4, 0.5) is 5.69 Å². The van der Waals surface area contributed by atoms with Crippen LogP contribution in [0.25, 0.3) is 16.6 Å². The Morgan fingerprint density at radius 2 is 1.95 bits per heavy atom. The quantitative estimate of drug-likeness (QED) is 0.520. The van der Waals surface area contributed by atoms with Crippen LogP contribution >= 0.6 is 0 Å². The molecule has 0 amide bonds. The lowest BCUT2D eigenvalue weighted by atomic mass is 10.1. The summed E-state index contributed by atoms with van der Waals surface area (Å²) in [4.78, 5) is 10.7. The highest BCUT2D eigenvalue weighted by atomic mass is 16.6. The second-order valence-electron chi connectivity index (χ2n) is 4.37. The third kappa shape index (κ3) is 1.85. The summed E-state index contributed by atoms with van der Waals surface area (Å²) < 4.78 is 1.72. The molecule has 0 aliphatic carbocycles. The van der Waals surface area contributed by atoms with Gasteiger partial charge in [-0.25, -0.2) is 4.68 Å². The van der Waals surface area contributed by atoms with Gasteiger partial charge in [-0.05, 0) is 30.7 Å². The van der Waals surface area contributed by atoms with Crippen LogP contribution in [0.15, 0.2) is 48.7 Å². The van der Waals surface area contributed by atoms with Crippen LogP contribution in [0.2, 0.25) is 0 Å². The Bertz CT molecular complexity index is 763. The maximum atomic E-state index is 11.1. The minimum absolute atomic E-state index is 0.0946. The number of non-ortho nitro benzene ring substituents is 1. The number of para-hydroxylation sites is 1. The van der Waals surface area contributed by atoms with E-state index in [1.165, 1.54) is 0 Å². The summed E-state index contributed by atoms with van der Waals surface area (Å²) in [6, 6.07) is 13.0. The van der Waals surface area contributed by atoms with Crippen molar-refractivity contribution in [3.63, 3.8) is 0 Å². The van der Waals surface area contributed by atoms with E-state index in [1.54, 1.807) is 16.9 Å². The monoisotopic (exact) mass is 253 g/mol. The van der Waals surface area contributed by atoms with E-state index in [4.69, 9.17) is 0 Å². The van der Waals surface area contributed by atoms with Gasteiger partial charge in [0.1, 0.15) is 0 Å². The van der Waals surface area contributed by atoms with Gasteiger partial charge in [0.05, 0.1) is 27.7 Å². The first-order valence-electron chi connectivity index (χ1n) is 5.85. The summed E-state index contributed by atoms with van der Waals surface area (Å²) in [7, 11) is 0. The lowest BCUT2D eigenvalue weighted by Gasteiger charge is -2.03. The summed E-state index contributed by atoms with van der Waals surface area (Å²) in [5.41, 5.74) is 2.57. The Hall–Kier alpha value is -2.69. The molecule has 0 radical (unpaired) electrons. The van der Waals surface area contributed by atoms with E-state index >= 15 is 0 Å². The smallest absolute Gasteiger partial charge is 0.258 e. The SMILES string of the molecule is Cc1cc([N+](=O)[O-])c2cnn(-c3ccccc3)c2c1. The van der Waals surface area contributed by atoms with E-state index in [0.29, 0.717) is 5.39 Å². The molecule has 0 bridgehead atoms. The Balaban J connectivity index is 2.32. The molecule has 19 heavy (non-hydrogen) atoms. The van der Waals surface area contributed by atoms with E-state index in [1.807, 2.05) is 43.3 Å². The van der Waals surface area contributed by atoms with Gasteiger partial charge >= 0.3 is 0 Å². The Labute approximate surface area is 109 Å². The number of hydrogen-bond donors (Lipinski definition) is 0. The molecule has 3 aromatic rings. The van der Waals surface area contributed by atoms with Gasteiger partial charge in [0.2, 0.25) is 0 Å². The van der Waals surface area contributed by atoms with Crippen molar-refractivity contribution in [2.75, 3.05) is 0 Å². The standard InChI is InChI=1S/C14H11N3O2/c1-10-7-13-12(14(8-10)17(18)19)9-15-16(13)11-5-3-2-4-6-11/h2-9H,1H3. The van der Waals surface area contributed by atoms with Gasteiger partial charge in [0.25, 0.3) is 5.69 Å². The molecule has 0 atom stereocenters. The van der Waals surface area contributed by atoms with Crippen LogP contribution in [-0.2, 0) is 0 Å². The Kier molecular flexibility index (Phi) is 2.52. The summed E-state index contributed by atoms with van der Waals surface area (Å²) in [6.07, 6.45) is 1.54. The molecule has 0 unspecified atom stereocenters. The van der Waals surface area contributed by atoms with Crippen LogP contribution in [0.1, 0.15) is 5.56 Å². The third-order valence-electron chi connectivity index (χ3n) is 3.01. The number of benzene rings is 2. The van der Waals surface area contributed by atoms with Crippen LogP contribution in [-0.4, -0.2) is 14.7 Å². The van der Waals surface area contributed by atoms with Crippen LogP contribution in [0.5, 0.6) is 0 Å². The van der Waals surface area contributed by atoms with E-state index < -0.39 is 0 Å². The van der Waals surface area contributed by atoms with Gasteiger partial charge in [-0.3, -0.25) is 10.1 Å². The molecular weight excluding hydrogens is 242 g/mol. The predicted octanol–water partition coefficient (Wildman–Crippen LogP) is 3.24. The van der Waals surface area contributed by atoms with E-state index in [2.05, 4.69) is 5.10 Å². The van der Waals surface area contributed by atoms with Crippen LogP contribution in [0, 0.1) is 17.0 Å².